The predicted molar refractivity (Wildman–Crippen MR) is 226 cm³/mol. The van der Waals surface area contributed by atoms with Gasteiger partial charge in [0.1, 0.15) is 0 Å². The second-order valence-corrected chi connectivity index (χ2v) is 14.0. The van der Waals surface area contributed by atoms with Gasteiger partial charge in [-0.3, -0.25) is 0 Å². The highest BCUT2D eigenvalue weighted by molar-refractivity contribution is 7.25. The van der Waals surface area contributed by atoms with E-state index in [9.17, 15) is 0 Å². The normalized spacial score (nSPS) is 12.2. The Kier molecular flexibility index (Phi) is 8.11. The number of thiophene rings is 1. The third kappa shape index (κ3) is 5.26. The minimum atomic E-state index is 0.996. The molecule has 0 aliphatic rings. The van der Waals surface area contributed by atoms with Gasteiger partial charge in [-0.25, -0.2) is 0 Å². The molecule has 52 heavy (non-hydrogen) atoms. The maximum atomic E-state index is 4.52. The van der Waals surface area contributed by atoms with Crippen molar-refractivity contribution in [2.45, 2.75) is 6.92 Å². The summed E-state index contributed by atoms with van der Waals surface area (Å²) in [4.78, 5) is 2.40. The van der Waals surface area contributed by atoms with E-state index in [0.29, 0.717) is 0 Å². The second kappa shape index (κ2) is 13.4. The van der Waals surface area contributed by atoms with Crippen LogP contribution in [0.5, 0.6) is 0 Å². The van der Waals surface area contributed by atoms with Gasteiger partial charge < -0.3 is 9.47 Å². The average molecular weight is 685 g/mol. The lowest BCUT2D eigenvalue weighted by molar-refractivity contribution is 1.16. The molecule has 0 aliphatic heterocycles. The summed E-state index contributed by atoms with van der Waals surface area (Å²) in [6.07, 6.45) is 6.40. The van der Waals surface area contributed by atoms with Crippen LogP contribution in [0.15, 0.2) is 200 Å². The molecule has 0 saturated carbocycles. The third-order valence-corrected chi connectivity index (χ3v) is 11.0. The van der Waals surface area contributed by atoms with Gasteiger partial charge >= 0.3 is 0 Å². The highest BCUT2D eigenvalue weighted by atomic mass is 32.1. The van der Waals surface area contributed by atoms with E-state index in [2.05, 4.69) is 205 Å². The van der Waals surface area contributed by atoms with Crippen LogP contribution in [0, 0.1) is 0 Å². The lowest BCUT2D eigenvalue weighted by Crippen LogP contribution is -2.18. The molecule has 248 valence electrons. The molecule has 0 radical (unpaired) electrons. The zero-order valence-electron chi connectivity index (χ0n) is 28.9. The Morgan fingerprint density at radius 2 is 1.21 bits per heavy atom. The standard InChI is InChI=1S/C49H36N2S/c1-3-18-37(38-22-9-14-27-45(38)51-46-28-15-10-23-39(46)40-24-11-16-29-47(40)51)43(4-2)50(44-26-13-8-21-36(44)34-19-6-5-7-20-34)35-31-32-42-41-25-12-17-30-48(41)52-49(42)33-35/h3-33H,2H2,1H3/b18-3-,43-37+. The second-order valence-electron chi connectivity index (χ2n) is 12.9. The summed E-state index contributed by atoms with van der Waals surface area (Å²) in [6.45, 7) is 6.61. The minimum Gasteiger partial charge on any atom is -0.309 e. The Balaban J connectivity index is 1.35. The van der Waals surface area contributed by atoms with E-state index >= 15 is 0 Å². The van der Waals surface area contributed by atoms with Crippen LogP contribution in [0.3, 0.4) is 0 Å². The van der Waals surface area contributed by atoms with Gasteiger partial charge in [0, 0.05) is 53.3 Å². The first-order chi connectivity index (χ1) is 25.7. The van der Waals surface area contributed by atoms with Gasteiger partial charge in [0.05, 0.1) is 28.1 Å². The Morgan fingerprint density at radius 1 is 0.596 bits per heavy atom. The maximum Gasteiger partial charge on any atom is 0.0541 e. The molecule has 7 aromatic carbocycles. The molecular formula is C49H36N2S. The molecule has 2 heterocycles. The molecule has 0 unspecified atom stereocenters. The van der Waals surface area contributed by atoms with E-state index < -0.39 is 0 Å². The number of hydrogen-bond acceptors (Lipinski definition) is 2. The van der Waals surface area contributed by atoms with E-state index in [-0.39, 0.29) is 0 Å². The van der Waals surface area contributed by atoms with Crippen molar-refractivity contribution in [1.82, 2.24) is 4.57 Å². The first kappa shape index (κ1) is 31.6. The zero-order valence-corrected chi connectivity index (χ0v) is 29.7. The molecule has 2 nitrogen and oxygen atoms in total. The SMILES string of the molecule is C=C/C(=C(/C=C\C)c1ccccc1-n1c2ccccc2c2ccccc21)N(c1ccc2c(c1)sc1ccccc12)c1ccccc1-c1ccccc1. The topological polar surface area (TPSA) is 8.17 Å². The lowest BCUT2D eigenvalue weighted by atomic mass is 9.97. The summed E-state index contributed by atoms with van der Waals surface area (Å²) in [5, 5.41) is 5.04. The molecule has 0 saturated heterocycles. The van der Waals surface area contributed by atoms with E-state index in [0.717, 1.165) is 45.0 Å². The number of allylic oxidation sites excluding steroid dienone is 4. The fourth-order valence-electron chi connectivity index (χ4n) is 7.67. The number of anilines is 2. The number of aromatic nitrogens is 1. The number of para-hydroxylation sites is 4. The van der Waals surface area contributed by atoms with Crippen molar-refractivity contribution in [3.63, 3.8) is 0 Å². The summed E-state index contributed by atoms with van der Waals surface area (Å²) in [5.74, 6) is 0. The van der Waals surface area contributed by atoms with Gasteiger partial charge in [0.2, 0.25) is 0 Å². The zero-order chi connectivity index (χ0) is 35.0. The molecule has 0 bridgehead atoms. The van der Waals surface area contributed by atoms with E-state index in [1.807, 2.05) is 17.4 Å². The summed E-state index contributed by atoms with van der Waals surface area (Å²) in [7, 11) is 0. The molecule has 2 aromatic heterocycles. The largest absolute Gasteiger partial charge is 0.309 e. The molecule has 0 fully saturated rings. The van der Waals surface area contributed by atoms with Crippen LogP contribution >= 0.6 is 11.3 Å². The summed E-state index contributed by atoms with van der Waals surface area (Å²) >= 11 is 1.84. The van der Waals surface area contributed by atoms with E-state index in [1.165, 1.54) is 42.0 Å². The first-order valence-corrected chi connectivity index (χ1v) is 18.5. The van der Waals surface area contributed by atoms with E-state index in [4.69, 9.17) is 0 Å². The van der Waals surface area contributed by atoms with Crippen molar-refractivity contribution < 1.29 is 0 Å². The van der Waals surface area contributed by atoms with Gasteiger partial charge in [-0.2, -0.15) is 0 Å². The quantitative estimate of drug-likeness (QED) is 0.145. The Hall–Kier alpha value is -6.42. The summed E-state index contributed by atoms with van der Waals surface area (Å²) in [5.41, 5.74) is 11.1. The Morgan fingerprint density at radius 3 is 1.96 bits per heavy atom. The predicted octanol–water partition coefficient (Wildman–Crippen LogP) is 14.1. The Labute approximate surface area is 308 Å². The summed E-state index contributed by atoms with van der Waals surface area (Å²) in [6, 6.07) is 61.1. The number of nitrogens with zero attached hydrogens (tertiary/aromatic N) is 2. The lowest BCUT2D eigenvalue weighted by Gasteiger charge is -2.31. The highest BCUT2D eigenvalue weighted by Gasteiger charge is 2.23. The average Bonchev–Trinajstić information content (AvgIpc) is 3.75. The minimum absolute atomic E-state index is 0.996. The highest BCUT2D eigenvalue weighted by Crippen LogP contribution is 2.44. The van der Waals surface area contributed by atoms with Crippen molar-refractivity contribution in [2.24, 2.45) is 0 Å². The van der Waals surface area contributed by atoms with Crippen LogP contribution in [-0.4, -0.2) is 4.57 Å². The number of benzene rings is 7. The van der Waals surface area contributed by atoms with Crippen molar-refractivity contribution in [3.05, 3.63) is 206 Å². The Bertz CT molecular complexity index is 2780. The number of rotatable bonds is 8. The molecule has 0 amide bonds. The number of fused-ring (bicyclic) bond motifs is 6. The van der Waals surface area contributed by atoms with Gasteiger partial charge in [-0.05, 0) is 61.0 Å². The van der Waals surface area contributed by atoms with Crippen molar-refractivity contribution in [3.8, 4) is 16.8 Å². The first-order valence-electron chi connectivity index (χ1n) is 17.7. The van der Waals surface area contributed by atoms with Crippen molar-refractivity contribution in [1.29, 1.82) is 0 Å². The monoisotopic (exact) mass is 684 g/mol. The molecule has 0 aliphatic carbocycles. The molecule has 0 spiro atoms. The van der Waals surface area contributed by atoms with Crippen LogP contribution in [0.2, 0.25) is 0 Å². The summed E-state index contributed by atoms with van der Waals surface area (Å²) < 4.78 is 4.96. The van der Waals surface area contributed by atoms with Gasteiger partial charge in [0.25, 0.3) is 0 Å². The third-order valence-electron chi connectivity index (χ3n) is 9.91. The van der Waals surface area contributed by atoms with E-state index in [1.54, 1.807) is 0 Å². The van der Waals surface area contributed by atoms with Crippen LogP contribution in [0.1, 0.15) is 12.5 Å². The molecule has 0 atom stereocenters. The van der Waals surface area contributed by atoms with Gasteiger partial charge in [-0.1, -0.05) is 146 Å². The fourth-order valence-corrected chi connectivity index (χ4v) is 8.81. The van der Waals surface area contributed by atoms with Crippen molar-refractivity contribution in [2.75, 3.05) is 4.90 Å². The maximum absolute atomic E-state index is 4.52. The number of hydrogen-bond donors (Lipinski definition) is 0. The molecule has 3 heteroatoms. The van der Waals surface area contributed by atoms with Crippen LogP contribution in [0.25, 0.3) is 64.4 Å². The van der Waals surface area contributed by atoms with Crippen LogP contribution < -0.4 is 4.90 Å². The molecular weight excluding hydrogens is 649 g/mol. The fraction of sp³-hybridized carbons (Fsp3) is 0.0204. The van der Waals surface area contributed by atoms with Gasteiger partial charge in [-0.15, -0.1) is 11.3 Å². The van der Waals surface area contributed by atoms with Crippen LogP contribution in [0.4, 0.5) is 11.4 Å². The molecule has 9 rings (SSSR count). The van der Waals surface area contributed by atoms with Crippen LogP contribution in [-0.2, 0) is 0 Å². The van der Waals surface area contributed by atoms with Crippen molar-refractivity contribution >= 4 is 70.3 Å². The molecule has 0 N–H and O–H groups in total. The van der Waals surface area contributed by atoms with Gasteiger partial charge in [0.15, 0.2) is 0 Å². The molecule has 9 aromatic rings. The smallest absolute Gasteiger partial charge is 0.0541 e.